The highest BCUT2D eigenvalue weighted by Gasteiger charge is 2.62. The van der Waals surface area contributed by atoms with Crippen LogP contribution < -0.4 is 9.47 Å². The topological polar surface area (TPSA) is 112 Å². The number of amides is 2. The molecule has 1 heterocycles. The Morgan fingerprint density at radius 2 is 1.40 bits per heavy atom. The second-order valence-corrected chi connectivity index (χ2v) is 11.5. The summed E-state index contributed by atoms with van der Waals surface area (Å²) in [7, 11) is 1.35. The molecule has 0 spiro atoms. The first-order valence-corrected chi connectivity index (χ1v) is 14.7. The van der Waals surface area contributed by atoms with E-state index in [0.717, 1.165) is 4.90 Å². The number of imide groups is 1. The lowest BCUT2D eigenvalue weighted by Crippen LogP contribution is -2.52. The van der Waals surface area contributed by atoms with Gasteiger partial charge in [0.25, 0.3) is 5.91 Å². The number of nitrogens with zero attached hydrogens (tertiary/aromatic N) is 2. The second-order valence-electron chi connectivity index (χ2n) is 11.5. The Balaban J connectivity index is 1.37. The molecule has 9 nitrogen and oxygen atoms in total. The van der Waals surface area contributed by atoms with Crippen molar-refractivity contribution in [1.29, 1.82) is 0 Å². The summed E-state index contributed by atoms with van der Waals surface area (Å²) in [6, 6.07) is 12.4. The summed E-state index contributed by atoms with van der Waals surface area (Å²) in [5, 5.41) is 0. The summed E-state index contributed by atoms with van der Waals surface area (Å²) < 4.78 is 44.3. The first kappa shape index (κ1) is 30.1. The standard InChI is InChI=1S/C34H30F2N2O7/c1-19(27(20-7-11-24(35)12-8-20)21-9-13-25(36)14-10-21)44-33(42)34(16-17-34)38(30(39)22-3-4-22)31(40)28-29(26(43-2)15-18-37-28)45-32(41)23-5-6-23/h7-15,18,22-23H,3-6,16-17H2,1-2H3. The molecular weight excluding hydrogens is 586 g/mol. The fourth-order valence-electron chi connectivity index (χ4n) is 5.20. The molecule has 1 aromatic heterocycles. The third-order valence-electron chi connectivity index (χ3n) is 8.15. The molecule has 0 bridgehead atoms. The summed E-state index contributed by atoms with van der Waals surface area (Å²) in [5.74, 6) is -4.54. The van der Waals surface area contributed by atoms with Crippen molar-refractivity contribution in [1.82, 2.24) is 9.88 Å². The number of pyridine rings is 1. The first-order valence-electron chi connectivity index (χ1n) is 14.7. The van der Waals surface area contributed by atoms with Gasteiger partial charge in [0.15, 0.2) is 11.4 Å². The Kier molecular flexibility index (Phi) is 7.94. The van der Waals surface area contributed by atoms with Gasteiger partial charge in [0.2, 0.25) is 11.7 Å². The average Bonchev–Trinajstić information content (AvgIpc) is 3.88. The van der Waals surface area contributed by atoms with Crippen LogP contribution in [0.4, 0.5) is 8.78 Å². The summed E-state index contributed by atoms with van der Waals surface area (Å²) in [6.07, 6.45) is 4.03. The Bertz CT molecular complexity index is 1660. The lowest BCUT2D eigenvalue weighted by Gasteiger charge is -2.29. The van der Waals surface area contributed by atoms with E-state index >= 15 is 0 Å². The number of aromatic nitrogens is 1. The van der Waals surface area contributed by atoms with Gasteiger partial charge in [-0.2, -0.15) is 0 Å². The fraction of sp³-hybridized carbons (Fsp3) is 0.324. The monoisotopic (exact) mass is 616 g/mol. The molecule has 45 heavy (non-hydrogen) atoms. The molecule has 2 amide bonds. The average molecular weight is 617 g/mol. The van der Waals surface area contributed by atoms with Crippen LogP contribution in [0.15, 0.2) is 66.6 Å². The number of esters is 2. The summed E-state index contributed by atoms with van der Waals surface area (Å²) in [6.45, 7) is 1.53. The lowest BCUT2D eigenvalue weighted by atomic mass is 9.96. The highest BCUT2D eigenvalue weighted by atomic mass is 19.1. The van der Waals surface area contributed by atoms with E-state index in [-0.39, 0.29) is 41.7 Å². The van der Waals surface area contributed by atoms with E-state index in [1.165, 1.54) is 74.8 Å². The third kappa shape index (κ3) is 6.07. The van der Waals surface area contributed by atoms with Crippen molar-refractivity contribution in [3.05, 3.63) is 95.0 Å². The van der Waals surface area contributed by atoms with Crippen molar-refractivity contribution in [2.45, 2.75) is 51.0 Å². The SMILES string of the molecule is COc1ccnc(C(=O)N(C(=O)C2CC2)C2(C(=O)OC(C)=C(c3ccc(F)cc3)c3ccc(F)cc3)CC2)c1OC(=O)C1CC1. The van der Waals surface area contributed by atoms with Crippen molar-refractivity contribution < 1.29 is 42.2 Å². The van der Waals surface area contributed by atoms with Crippen molar-refractivity contribution in [3.63, 3.8) is 0 Å². The van der Waals surface area contributed by atoms with Gasteiger partial charge in [-0.05, 0) is 80.8 Å². The van der Waals surface area contributed by atoms with Crippen molar-refractivity contribution in [2.75, 3.05) is 7.11 Å². The number of rotatable bonds is 10. The molecule has 0 atom stereocenters. The van der Waals surface area contributed by atoms with Gasteiger partial charge in [0, 0.05) is 23.8 Å². The zero-order valence-corrected chi connectivity index (χ0v) is 24.7. The molecule has 6 rings (SSSR count). The van der Waals surface area contributed by atoms with Gasteiger partial charge in [0.1, 0.15) is 22.9 Å². The lowest BCUT2D eigenvalue weighted by molar-refractivity contribution is -0.152. The van der Waals surface area contributed by atoms with Gasteiger partial charge in [-0.3, -0.25) is 19.3 Å². The van der Waals surface area contributed by atoms with Gasteiger partial charge < -0.3 is 14.2 Å². The maximum absolute atomic E-state index is 14.2. The van der Waals surface area contributed by atoms with E-state index in [0.29, 0.717) is 42.4 Å². The van der Waals surface area contributed by atoms with Crippen LogP contribution in [0.25, 0.3) is 5.57 Å². The molecule has 3 aromatic rings. The summed E-state index contributed by atoms with van der Waals surface area (Å²) >= 11 is 0. The van der Waals surface area contributed by atoms with Crippen LogP contribution in [-0.2, 0) is 19.1 Å². The molecule has 11 heteroatoms. The van der Waals surface area contributed by atoms with E-state index in [4.69, 9.17) is 14.2 Å². The molecule has 2 aromatic carbocycles. The van der Waals surface area contributed by atoms with E-state index in [2.05, 4.69) is 4.98 Å². The highest BCUT2D eigenvalue weighted by Crippen LogP contribution is 2.48. The van der Waals surface area contributed by atoms with Crippen LogP contribution in [0.3, 0.4) is 0 Å². The number of hydrogen-bond donors (Lipinski definition) is 0. The van der Waals surface area contributed by atoms with E-state index in [1.54, 1.807) is 0 Å². The molecule has 3 fully saturated rings. The number of halogens is 2. The summed E-state index contributed by atoms with van der Waals surface area (Å²) in [4.78, 5) is 59.5. The normalized spacial score (nSPS) is 16.3. The second kappa shape index (κ2) is 11.9. The molecule has 0 N–H and O–H groups in total. The minimum Gasteiger partial charge on any atom is -0.493 e. The quantitative estimate of drug-likeness (QED) is 0.164. The number of hydrogen-bond acceptors (Lipinski definition) is 8. The van der Waals surface area contributed by atoms with E-state index < -0.39 is 46.8 Å². The van der Waals surface area contributed by atoms with Crippen LogP contribution in [0.5, 0.6) is 11.5 Å². The molecule has 3 aliphatic carbocycles. The zero-order valence-electron chi connectivity index (χ0n) is 24.7. The maximum atomic E-state index is 14.2. The van der Waals surface area contributed by atoms with Crippen molar-refractivity contribution >= 4 is 29.3 Å². The predicted molar refractivity (Wildman–Crippen MR) is 156 cm³/mol. The number of ether oxygens (including phenoxy) is 3. The zero-order chi connectivity index (χ0) is 31.9. The summed E-state index contributed by atoms with van der Waals surface area (Å²) in [5.41, 5.74) is -0.556. The minimum absolute atomic E-state index is 0.0793. The van der Waals surface area contributed by atoms with Crippen LogP contribution >= 0.6 is 0 Å². The molecule has 0 unspecified atom stereocenters. The van der Waals surface area contributed by atoms with Crippen LogP contribution in [0, 0.1) is 23.5 Å². The van der Waals surface area contributed by atoms with Gasteiger partial charge >= 0.3 is 11.9 Å². The molecule has 0 aliphatic heterocycles. The molecule has 0 radical (unpaired) electrons. The third-order valence-corrected chi connectivity index (χ3v) is 8.15. The van der Waals surface area contributed by atoms with Gasteiger partial charge in [0.05, 0.1) is 13.0 Å². The van der Waals surface area contributed by atoms with Gasteiger partial charge in [-0.25, -0.2) is 18.6 Å². The molecule has 0 saturated heterocycles. The van der Waals surface area contributed by atoms with E-state index in [9.17, 15) is 28.0 Å². The van der Waals surface area contributed by atoms with Crippen LogP contribution in [0.2, 0.25) is 0 Å². The van der Waals surface area contributed by atoms with Gasteiger partial charge in [-0.1, -0.05) is 24.3 Å². The Labute approximate surface area is 257 Å². The Morgan fingerprint density at radius 3 is 1.89 bits per heavy atom. The Morgan fingerprint density at radius 1 is 0.844 bits per heavy atom. The smallest absolute Gasteiger partial charge is 0.337 e. The van der Waals surface area contributed by atoms with Gasteiger partial charge in [-0.15, -0.1) is 0 Å². The van der Waals surface area contributed by atoms with Crippen molar-refractivity contribution in [3.8, 4) is 11.5 Å². The number of carbonyl (C=O) groups is 4. The molecule has 3 saturated carbocycles. The predicted octanol–water partition coefficient (Wildman–Crippen LogP) is 5.62. The fourth-order valence-corrected chi connectivity index (χ4v) is 5.20. The van der Waals surface area contributed by atoms with Crippen molar-refractivity contribution in [2.24, 2.45) is 11.8 Å². The number of benzene rings is 2. The Hall–Kier alpha value is -4.93. The number of carbonyl (C=O) groups excluding carboxylic acids is 4. The molecule has 232 valence electrons. The molecule has 3 aliphatic rings. The highest BCUT2D eigenvalue weighted by molar-refractivity contribution is 6.11. The largest absolute Gasteiger partial charge is 0.493 e. The number of allylic oxidation sites excluding steroid dienone is 1. The minimum atomic E-state index is -1.63. The number of methoxy groups -OCH3 is 1. The van der Waals surface area contributed by atoms with Crippen LogP contribution in [-0.4, -0.2) is 46.3 Å². The van der Waals surface area contributed by atoms with Crippen LogP contribution in [0.1, 0.15) is 67.1 Å². The van der Waals surface area contributed by atoms with E-state index in [1.807, 2.05) is 0 Å². The first-order chi connectivity index (χ1) is 21.6. The molecular formula is C34H30F2N2O7. The maximum Gasteiger partial charge on any atom is 0.337 e.